The van der Waals surface area contributed by atoms with E-state index in [1.54, 1.807) is 12.3 Å². The maximum atomic E-state index is 12.4. The maximum absolute atomic E-state index is 12.4. The molecule has 2 rings (SSSR count). The largest absolute Gasteiger partial charge is 0.350 e. The van der Waals surface area contributed by atoms with Crippen LogP contribution in [0.3, 0.4) is 0 Å². The molecule has 0 aliphatic rings. The molecule has 132 valence electrons. The van der Waals surface area contributed by atoms with Crippen molar-refractivity contribution in [2.24, 2.45) is 5.92 Å². The molecule has 1 aromatic carbocycles. The fourth-order valence-corrected chi connectivity index (χ4v) is 2.39. The molecule has 0 saturated carbocycles. The van der Waals surface area contributed by atoms with Crippen LogP contribution in [0.15, 0.2) is 53.5 Å². The van der Waals surface area contributed by atoms with Crippen molar-refractivity contribution in [3.8, 4) is 0 Å². The van der Waals surface area contributed by atoms with Gasteiger partial charge in [-0.15, -0.1) is 0 Å². The molecule has 2 amide bonds. The standard InChI is InChI=1S/C19H23N3O3/c1-13(2)18(22-17(24)10-14-6-4-3-5-7-14)19(25)21-12-15-8-9-16(23)20-11-15/h3-9,11,13,18H,10,12H2,1-2H3,(H,20,23)(H,21,25)(H,22,24). The second kappa shape index (κ2) is 8.82. The van der Waals surface area contributed by atoms with Gasteiger partial charge in [-0.3, -0.25) is 14.4 Å². The predicted molar refractivity (Wildman–Crippen MR) is 95.8 cm³/mol. The van der Waals surface area contributed by atoms with Gasteiger partial charge in [0.15, 0.2) is 0 Å². The van der Waals surface area contributed by atoms with Crippen LogP contribution in [0.5, 0.6) is 0 Å². The number of hydrogen-bond donors (Lipinski definition) is 3. The number of carbonyl (C=O) groups is 2. The van der Waals surface area contributed by atoms with E-state index in [0.29, 0.717) is 0 Å². The molecule has 0 saturated heterocycles. The third-order valence-corrected chi connectivity index (χ3v) is 3.79. The minimum atomic E-state index is -0.612. The molecule has 1 unspecified atom stereocenters. The van der Waals surface area contributed by atoms with Crippen LogP contribution in [0.4, 0.5) is 0 Å². The van der Waals surface area contributed by atoms with Gasteiger partial charge in [-0.05, 0) is 17.0 Å². The molecule has 0 bridgehead atoms. The summed E-state index contributed by atoms with van der Waals surface area (Å²) in [4.78, 5) is 38.2. The summed E-state index contributed by atoms with van der Waals surface area (Å²) < 4.78 is 0. The van der Waals surface area contributed by atoms with Crippen LogP contribution >= 0.6 is 0 Å². The number of rotatable bonds is 7. The summed E-state index contributed by atoms with van der Waals surface area (Å²) in [5.41, 5.74) is 1.49. The molecule has 0 aliphatic carbocycles. The Labute approximate surface area is 146 Å². The summed E-state index contributed by atoms with van der Waals surface area (Å²) in [5.74, 6) is -0.484. The second-order valence-corrected chi connectivity index (χ2v) is 6.23. The van der Waals surface area contributed by atoms with Gasteiger partial charge >= 0.3 is 0 Å². The van der Waals surface area contributed by atoms with E-state index in [-0.39, 0.29) is 36.3 Å². The quantitative estimate of drug-likeness (QED) is 0.710. The lowest BCUT2D eigenvalue weighted by Gasteiger charge is -2.21. The smallest absolute Gasteiger partial charge is 0.247 e. The number of pyridine rings is 1. The molecule has 1 heterocycles. The Morgan fingerprint density at radius 1 is 1.04 bits per heavy atom. The van der Waals surface area contributed by atoms with Crippen LogP contribution in [-0.4, -0.2) is 22.8 Å². The first-order valence-electron chi connectivity index (χ1n) is 8.24. The van der Waals surface area contributed by atoms with Crippen LogP contribution in [0.1, 0.15) is 25.0 Å². The Morgan fingerprint density at radius 3 is 2.36 bits per heavy atom. The van der Waals surface area contributed by atoms with E-state index in [0.717, 1.165) is 11.1 Å². The van der Waals surface area contributed by atoms with Crippen LogP contribution in [0.25, 0.3) is 0 Å². The monoisotopic (exact) mass is 341 g/mol. The summed E-state index contributed by atoms with van der Waals surface area (Å²) in [6, 6.07) is 11.8. The summed E-state index contributed by atoms with van der Waals surface area (Å²) >= 11 is 0. The molecule has 0 fully saturated rings. The average Bonchev–Trinajstić information content (AvgIpc) is 2.59. The summed E-state index contributed by atoms with van der Waals surface area (Å²) in [5, 5.41) is 5.59. The van der Waals surface area contributed by atoms with E-state index in [1.165, 1.54) is 6.07 Å². The van der Waals surface area contributed by atoms with Gasteiger partial charge in [0.05, 0.1) is 6.42 Å². The van der Waals surface area contributed by atoms with Gasteiger partial charge in [0, 0.05) is 18.8 Å². The van der Waals surface area contributed by atoms with Crippen molar-refractivity contribution in [2.75, 3.05) is 0 Å². The molecule has 1 atom stereocenters. The Kier molecular flexibility index (Phi) is 6.51. The summed E-state index contributed by atoms with van der Waals surface area (Å²) in [6.07, 6.45) is 1.79. The van der Waals surface area contributed by atoms with Crippen molar-refractivity contribution in [1.82, 2.24) is 15.6 Å². The Hall–Kier alpha value is -2.89. The van der Waals surface area contributed by atoms with Gasteiger partial charge in [0.2, 0.25) is 17.4 Å². The molecular formula is C19H23N3O3. The van der Waals surface area contributed by atoms with E-state index >= 15 is 0 Å². The fourth-order valence-electron chi connectivity index (χ4n) is 2.39. The first kappa shape index (κ1) is 18.4. The molecule has 2 aromatic rings. The third kappa shape index (κ3) is 5.91. The van der Waals surface area contributed by atoms with Crippen molar-refractivity contribution < 1.29 is 9.59 Å². The van der Waals surface area contributed by atoms with Gasteiger partial charge in [-0.2, -0.15) is 0 Å². The number of benzene rings is 1. The minimum absolute atomic E-state index is 0.0460. The van der Waals surface area contributed by atoms with Crippen LogP contribution in [0.2, 0.25) is 0 Å². The van der Waals surface area contributed by atoms with E-state index < -0.39 is 6.04 Å². The van der Waals surface area contributed by atoms with E-state index in [9.17, 15) is 14.4 Å². The number of carbonyl (C=O) groups excluding carboxylic acids is 2. The van der Waals surface area contributed by atoms with Gasteiger partial charge in [0.1, 0.15) is 6.04 Å². The van der Waals surface area contributed by atoms with Crippen molar-refractivity contribution in [2.45, 2.75) is 32.9 Å². The number of aromatic amines is 1. The van der Waals surface area contributed by atoms with E-state index in [4.69, 9.17) is 0 Å². The normalized spacial score (nSPS) is 11.8. The first-order valence-corrected chi connectivity index (χ1v) is 8.24. The molecule has 6 heteroatoms. The zero-order chi connectivity index (χ0) is 18.2. The first-order chi connectivity index (χ1) is 12.0. The predicted octanol–water partition coefficient (Wildman–Crippen LogP) is 1.37. The highest BCUT2D eigenvalue weighted by Crippen LogP contribution is 2.05. The van der Waals surface area contributed by atoms with Gasteiger partial charge < -0.3 is 15.6 Å². The van der Waals surface area contributed by atoms with E-state index in [1.807, 2.05) is 44.2 Å². The number of hydrogen-bond acceptors (Lipinski definition) is 3. The van der Waals surface area contributed by atoms with Crippen LogP contribution < -0.4 is 16.2 Å². The Balaban J connectivity index is 1.92. The highest BCUT2D eigenvalue weighted by Gasteiger charge is 2.23. The molecule has 6 nitrogen and oxygen atoms in total. The lowest BCUT2D eigenvalue weighted by atomic mass is 10.0. The molecule has 0 aliphatic heterocycles. The topological polar surface area (TPSA) is 91.1 Å². The molecule has 0 radical (unpaired) electrons. The highest BCUT2D eigenvalue weighted by atomic mass is 16.2. The Morgan fingerprint density at radius 2 is 1.76 bits per heavy atom. The number of aromatic nitrogens is 1. The van der Waals surface area contributed by atoms with Crippen LogP contribution in [0, 0.1) is 5.92 Å². The van der Waals surface area contributed by atoms with Gasteiger partial charge in [-0.1, -0.05) is 50.2 Å². The summed E-state index contributed by atoms with van der Waals surface area (Å²) in [7, 11) is 0. The Bertz CT molecular complexity index is 748. The number of nitrogens with one attached hydrogen (secondary N) is 3. The summed E-state index contributed by atoms with van der Waals surface area (Å²) in [6.45, 7) is 4.05. The number of amides is 2. The van der Waals surface area contributed by atoms with Crippen molar-refractivity contribution >= 4 is 11.8 Å². The second-order valence-electron chi connectivity index (χ2n) is 6.23. The molecule has 3 N–H and O–H groups in total. The third-order valence-electron chi connectivity index (χ3n) is 3.79. The zero-order valence-corrected chi connectivity index (χ0v) is 14.4. The SMILES string of the molecule is CC(C)C(NC(=O)Cc1ccccc1)C(=O)NCc1ccc(=O)[nH]c1. The molecule has 25 heavy (non-hydrogen) atoms. The molecular weight excluding hydrogens is 318 g/mol. The number of H-pyrrole nitrogens is 1. The van der Waals surface area contributed by atoms with E-state index in [2.05, 4.69) is 15.6 Å². The zero-order valence-electron chi connectivity index (χ0n) is 14.4. The fraction of sp³-hybridized carbons (Fsp3) is 0.316. The highest BCUT2D eigenvalue weighted by molar-refractivity contribution is 5.88. The molecule has 1 aromatic heterocycles. The lowest BCUT2D eigenvalue weighted by molar-refractivity contribution is -0.129. The van der Waals surface area contributed by atoms with Gasteiger partial charge in [-0.25, -0.2) is 0 Å². The lowest BCUT2D eigenvalue weighted by Crippen LogP contribution is -2.49. The van der Waals surface area contributed by atoms with Crippen molar-refractivity contribution in [3.05, 3.63) is 70.1 Å². The van der Waals surface area contributed by atoms with Crippen molar-refractivity contribution in [1.29, 1.82) is 0 Å². The molecule has 0 spiro atoms. The van der Waals surface area contributed by atoms with Gasteiger partial charge in [0.25, 0.3) is 0 Å². The van der Waals surface area contributed by atoms with Crippen LogP contribution in [-0.2, 0) is 22.6 Å². The minimum Gasteiger partial charge on any atom is -0.350 e. The average molecular weight is 341 g/mol. The maximum Gasteiger partial charge on any atom is 0.247 e. The van der Waals surface area contributed by atoms with Crippen molar-refractivity contribution in [3.63, 3.8) is 0 Å².